The van der Waals surface area contributed by atoms with Gasteiger partial charge in [0.2, 0.25) is 0 Å². The van der Waals surface area contributed by atoms with Gasteiger partial charge < -0.3 is 5.73 Å². The predicted molar refractivity (Wildman–Crippen MR) is 51.0 cm³/mol. The van der Waals surface area contributed by atoms with Crippen LogP contribution in [0.1, 0.15) is 21.5 Å². The Morgan fingerprint density at radius 3 is 1.89 bits per heavy atom. The largest absolute Gasteiger partial charge is 0.417 e. The molecular weight excluding hydrogens is 288 g/mol. The van der Waals surface area contributed by atoms with E-state index < -0.39 is 40.0 Å². The molecule has 18 heavy (non-hydrogen) atoms. The molecule has 0 heterocycles. The molecule has 9 heteroatoms. The van der Waals surface area contributed by atoms with Crippen LogP contribution in [-0.2, 0) is 12.4 Å². The Hall–Kier alpha value is -1.44. The van der Waals surface area contributed by atoms with Gasteiger partial charge in [-0.15, -0.1) is 0 Å². The molecule has 0 bridgehead atoms. The van der Waals surface area contributed by atoms with Gasteiger partial charge in [0.1, 0.15) is 0 Å². The zero-order valence-corrected chi connectivity index (χ0v) is 9.04. The average molecular weight is 292 g/mol. The second-order valence-electron chi connectivity index (χ2n) is 3.26. The number of anilines is 1. The van der Waals surface area contributed by atoms with Crippen molar-refractivity contribution in [3.8, 4) is 0 Å². The number of nitrogen functional groups attached to an aromatic ring is 1. The molecule has 0 saturated carbocycles. The topological polar surface area (TPSA) is 43.1 Å². The van der Waals surface area contributed by atoms with Gasteiger partial charge in [0.25, 0.3) is 5.24 Å². The van der Waals surface area contributed by atoms with Gasteiger partial charge in [0, 0.05) is 5.69 Å². The highest BCUT2D eigenvalue weighted by atomic mass is 35.5. The third-order valence-electron chi connectivity index (χ3n) is 2.00. The molecule has 1 aromatic rings. The summed E-state index contributed by atoms with van der Waals surface area (Å²) in [6, 6.07) is 0.0246. The Kier molecular flexibility index (Phi) is 3.53. The van der Waals surface area contributed by atoms with Crippen LogP contribution in [0.15, 0.2) is 12.1 Å². The molecule has 0 radical (unpaired) electrons. The summed E-state index contributed by atoms with van der Waals surface area (Å²) < 4.78 is 74.6. The smallest absolute Gasteiger partial charge is 0.398 e. The number of halogens is 7. The van der Waals surface area contributed by atoms with E-state index in [1.165, 1.54) is 0 Å². The van der Waals surface area contributed by atoms with E-state index in [2.05, 4.69) is 0 Å². The van der Waals surface area contributed by atoms with Crippen molar-refractivity contribution in [2.75, 3.05) is 5.73 Å². The quantitative estimate of drug-likeness (QED) is 0.487. The first-order valence-electron chi connectivity index (χ1n) is 4.22. The molecule has 0 saturated heterocycles. The minimum absolute atomic E-state index is 0.202. The van der Waals surface area contributed by atoms with Crippen molar-refractivity contribution in [1.29, 1.82) is 0 Å². The normalized spacial score (nSPS) is 12.6. The number of rotatable bonds is 1. The van der Waals surface area contributed by atoms with Crippen LogP contribution in [0.3, 0.4) is 0 Å². The Morgan fingerprint density at radius 2 is 1.56 bits per heavy atom. The SMILES string of the molecule is Nc1cc(C(F)(F)F)cc(C(F)(F)F)c1C(=O)Cl. The highest BCUT2D eigenvalue weighted by Crippen LogP contribution is 2.40. The molecule has 100 valence electrons. The lowest BCUT2D eigenvalue weighted by molar-refractivity contribution is -0.143. The molecular formula is C9H4ClF6NO. The number of benzene rings is 1. The van der Waals surface area contributed by atoms with Crippen molar-refractivity contribution in [2.24, 2.45) is 0 Å². The summed E-state index contributed by atoms with van der Waals surface area (Å²) in [5.41, 5.74) is -0.560. The summed E-state index contributed by atoms with van der Waals surface area (Å²) in [4.78, 5) is 10.8. The van der Waals surface area contributed by atoms with Crippen molar-refractivity contribution >= 4 is 22.5 Å². The molecule has 0 aliphatic rings. The maximum atomic E-state index is 12.5. The molecule has 1 aromatic carbocycles. The molecule has 2 N–H and O–H groups in total. The number of alkyl halides is 6. The van der Waals surface area contributed by atoms with Gasteiger partial charge in [-0.2, -0.15) is 26.3 Å². The van der Waals surface area contributed by atoms with Gasteiger partial charge in [0.15, 0.2) is 0 Å². The first kappa shape index (κ1) is 14.6. The van der Waals surface area contributed by atoms with Crippen LogP contribution in [0.25, 0.3) is 0 Å². The maximum Gasteiger partial charge on any atom is 0.417 e. The molecule has 0 amide bonds. The summed E-state index contributed by atoms with van der Waals surface area (Å²) in [6.45, 7) is 0. The lowest BCUT2D eigenvalue weighted by atomic mass is 10.0. The monoisotopic (exact) mass is 291 g/mol. The Bertz CT molecular complexity index is 493. The number of carbonyl (C=O) groups is 1. The lowest BCUT2D eigenvalue weighted by Gasteiger charge is -2.16. The number of hydrogen-bond donors (Lipinski definition) is 1. The molecule has 1 rings (SSSR count). The molecule has 0 aliphatic carbocycles. The van der Waals surface area contributed by atoms with Crippen molar-refractivity contribution in [2.45, 2.75) is 12.4 Å². The van der Waals surface area contributed by atoms with Gasteiger partial charge >= 0.3 is 12.4 Å². The van der Waals surface area contributed by atoms with Gasteiger partial charge in [-0.3, -0.25) is 4.79 Å². The maximum absolute atomic E-state index is 12.5. The van der Waals surface area contributed by atoms with Crippen molar-refractivity contribution in [1.82, 2.24) is 0 Å². The minimum atomic E-state index is -5.17. The van der Waals surface area contributed by atoms with Crippen LogP contribution in [0.4, 0.5) is 32.0 Å². The van der Waals surface area contributed by atoms with Gasteiger partial charge in [-0.1, -0.05) is 0 Å². The fourth-order valence-corrected chi connectivity index (χ4v) is 1.48. The third kappa shape index (κ3) is 2.87. The van der Waals surface area contributed by atoms with E-state index in [4.69, 9.17) is 17.3 Å². The number of carbonyl (C=O) groups excluding carboxylic acids is 1. The zero-order chi connectivity index (χ0) is 14.3. The lowest BCUT2D eigenvalue weighted by Crippen LogP contribution is -2.16. The van der Waals surface area contributed by atoms with E-state index >= 15 is 0 Å². The fraction of sp³-hybridized carbons (Fsp3) is 0.222. The van der Waals surface area contributed by atoms with E-state index in [1.54, 1.807) is 0 Å². The zero-order valence-electron chi connectivity index (χ0n) is 8.29. The Balaban J connectivity index is 3.64. The Morgan fingerprint density at radius 1 is 1.06 bits per heavy atom. The van der Waals surface area contributed by atoms with Gasteiger partial charge in [-0.05, 0) is 23.7 Å². The molecule has 0 spiro atoms. The van der Waals surface area contributed by atoms with Gasteiger partial charge in [0.05, 0.1) is 16.7 Å². The van der Waals surface area contributed by atoms with Crippen LogP contribution in [0.5, 0.6) is 0 Å². The van der Waals surface area contributed by atoms with E-state index in [1.807, 2.05) is 0 Å². The first-order valence-corrected chi connectivity index (χ1v) is 4.60. The van der Waals surface area contributed by atoms with Crippen molar-refractivity contribution in [3.05, 3.63) is 28.8 Å². The second-order valence-corrected chi connectivity index (χ2v) is 3.60. The summed E-state index contributed by atoms with van der Waals surface area (Å²) >= 11 is 4.89. The van der Waals surface area contributed by atoms with E-state index in [0.29, 0.717) is 0 Å². The van der Waals surface area contributed by atoms with Crippen LogP contribution >= 0.6 is 11.6 Å². The fourth-order valence-electron chi connectivity index (χ4n) is 1.27. The first-order chi connectivity index (χ1) is 7.94. The summed E-state index contributed by atoms with van der Waals surface area (Å²) in [5.74, 6) is 0. The van der Waals surface area contributed by atoms with Crippen LogP contribution < -0.4 is 5.73 Å². The third-order valence-corrected chi connectivity index (χ3v) is 2.19. The second kappa shape index (κ2) is 4.34. The molecule has 2 nitrogen and oxygen atoms in total. The highest BCUT2D eigenvalue weighted by Gasteiger charge is 2.40. The Labute approximate surface area is 101 Å². The highest BCUT2D eigenvalue weighted by molar-refractivity contribution is 6.68. The average Bonchev–Trinajstić information content (AvgIpc) is 2.12. The molecule has 0 aliphatic heterocycles. The minimum Gasteiger partial charge on any atom is -0.398 e. The summed E-state index contributed by atoms with van der Waals surface area (Å²) in [5, 5.41) is -1.58. The molecule has 0 fully saturated rings. The molecule has 0 unspecified atom stereocenters. The summed E-state index contributed by atoms with van der Waals surface area (Å²) in [6.07, 6.45) is -10.2. The van der Waals surface area contributed by atoms with E-state index in [0.717, 1.165) is 0 Å². The molecule has 0 aromatic heterocycles. The van der Waals surface area contributed by atoms with Crippen molar-refractivity contribution < 1.29 is 31.1 Å². The van der Waals surface area contributed by atoms with Crippen LogP contribution in [-0.4, -0.2) is 5.24 Å². The van der Waals surface area contributed by atoms with Gasteiger partial charge in [-0.25, -0.2) is 0 Å². The number of hydrogen-bond acceptors (Lipinski definition) is 2. The van der Waals surface area contributed by atoms with Crippen LogP contribution in [0, 0.1) is 0 Å². The standard InChI is InChI=1S/C9H4ClF6NO/c10-7(18)6-4(9(14,15)16)1-3(2-5(6)17)8(11,12)13/h1-2H,17H2. The van der Waals surface area contributed by atoms with E-state index in [9.17, 15) is 31.1 Å². The number of nitrogens with two attached hydrogens (primary N) is 1. The summed E-state index contributed by atoms with van der Waals surface area (Å²) in [7, 11) is 0. The molecule has 0 atom stereocenters. The van der Waals surface area contributed by atoms with Crippen molar-refractivity contribution in [3.63, 3.8) is 0 Å². The predicted octanol–water partition coefficient (Wildman–Crippen LogP) is 3.69. The van der Waals surface area contributed by atoms with E-state index in [-0.39, 0.29) is 12.1 Å². The van der Waals surface area contributed by atoms with Crippen LogP contribution in [0.2, 0.25) is 0 Å².